The van der Waals surface area contributed by atoms with Gasteiger partial charge in [-0.3, -0.25) is 14.3 Å². The molecule has 0 atom stereocenters. The Hall–Kier alpha value is -4.35. The van der Waals surface area contributed by atoms with Gasteiger partial charge in [0.2, 0.25) is 5.95 Å². The fraction of sp³-hybridized carbons (Fsp3) is 0.200. The Labute approximate surface area is 237 Å². The fourth-order valence-electron chi connectivity index (χ4n) is 4.94. The molecule has 0 aliphatic carbocycles. The summed E-state index contributed by atoms with van der Waals surface area (Å²) in [6, 6.07) is 13.0. The number of aryl methyl sites for hydroxylation is 1. The first-order valence-electron chi connectivity index (χ1n) is 13.0. The SMILES string of the molecule is Cc1cc(-c2ccsc2)cnc1-c1cc2cnc(Nc3ccc(C4=CCNCC4)cc3)nc2n(CC(F)(F)F)c1=O. The standard InChI is InChI=1S/C30H25F3N6OS/c1-18-12-22(21-8-11-41-16-21)14-35-26(18)25-13-23-15-36-29(38-27(23)39(28(25)40)17-30(31,32)33)37-24-4-2-19(3-5-24)20-6-9-34-10-7-20/h2-6,8,11-16,34H,7,9-10,17H2,1H3,(H,36,37,38). The smallest absolute Gasteiger partial charge is 0.324 e. The average Bonchev–Trinajstić information content (AvgIpc) is 3.50. The molecule has 1 aromatic carbocycles. The zero-order valence-electron chi connectivity index (χ0n) is 22.0. The van der Waals surface area contributed by atoms with E-state index in [2.05, 4.69) is 31.7 Å². The predicted octanol–water partition coefficient (Wildman–Crippen LogP) is 6.57. The van der Waals surface area contributed by atoms with Crippen LogP contribution in [0.25, 0.3) is 39.0 Å². The maximum absolute atomic E-state index is 13.7. The molecule has 5 aromatic rings. The molecule has 4 aromatic heterocycles. The molecule has 1 aliphatic rings. The van der Waals surface area contributed by atoms with E-state index in [4.69, 9.17) is 0 Å². The molecule has 7 nitrogen and oxygen atoms in total. The number of alkyl halides is 3. The highest BCUT2D eigenvalue weighted by Gasteiger charge is 2.31. The molecule has 208 valence electrons. The van der Waals surface area contributed by atoms with Crippen LogP contribution in [-0.2, 0) is 6.54 Å². The largest absolute Gasteiger partial charge is 0.406 e. The van der Waals surface area contributed by atoms with Crippen LogP contribution < -0.4 is 16.2 Å². The van der Waals surface area contributed by atoms with Gasteiger partial charge >= 0.3 is 6.18 Å². The summed E-state index contributed by atoms with van der Waals surface area (Å²) in [5, 5.41) is 10.6. The highest BCUT2D eigenvalue weighted by Crippen LogP contribution is 2.29. The van der Waals surface area contributed by atoms with Crippen molar-refractivity contribution in [1.29, 1.82) is 0 Å². The molecule has 0 spiro atoms. The Morgan fingerprint density at radius 3 is 2.56 bits per heavy atom. The molecule has 0 saturated heterocycles. The van der Waals surface area contributed by atoms with Crippen LogP contribution in [0.15, 0.2) is 76.5 Å². The van der Waals surface area contributed by atoms with Crippen LogP contribution >= 0.6 is 11.3 Å². The molecule has 5 heterocycles. The number of aromatic nitrogens is 4. The molecule has 41 heavy (non-hydrogen) atoms. The first-order chi connectivity index (χ1) is 19.7. The van der Waals surface area contributed by atoms with Gasteiger partial charge < -0.3 is 10.6 Å². The summed E-state index contributed by atoms with van der Waals surface area (Å²) in [5.74, 6) is 0.0869. The van der Waals surface area contributed by atoms with Gasteiger partial charge in [-0.15, -0.1) is 0 Å². The third kappa shape index (κ3) is 5.77. The van der Waals surface area contributed by atoms with Gasteiger partial charge in [0, 0.05) is 35.6 Å². The van der Waals surface area contributed by atoms with Gasteiger partial charge in [-0.1, -0.05) is 18.2 Å². The van der Waals surface area contributed by atoms with E-state index in [-0.39, 0.29) is 17.2 Å². The van der Waals surface area contributed by atoms with Crippen LogP contribution in [-0.4, -0.2) is 38.8 Å². The quantitative estimate of drug-likeness (QED) is 0.239. The van der Waals surface area contributed by atoms with Gasteiger partial charge in [-0.25, -0.2) is 4.98 Å². The number of anilines is 2. The summed E-state index contributed by atoms with van der Waals surface area (Å²) in [4.78, 5) is 26.7. The third-order valence-electron chi connectivity index (χ3n) is 6.93. The predicted molar refractivity (Wildman–Crippen MR) is 156 cm³/mol. The number of rotatable bonds is 6. The van der Waals surface area contributed by atoms with E-state index >= 15 is 0 Å². The second-order valence-corrected chi connectivity index (χ2v) is 10.6. The van der Waals surface area contributed by atoms with E-state index in [0.717, 1.165) is 36.2 Å². The first-order valence-corrected chi connectivity index (χ1v) is 13.9. The van der Waals surface area contributed by atoms with Crippen molar-refractivity contribution in [3.8, 4) is 22.4 Å². The lowest BCUT2D eigenvalue weighted by molar-refractivity contribution is -0.140. The maximum Gasteiger partial charge on any atom is 0.406 e. The van der Waals surface area contributed by atoms with E-state index in [0.29, 0.717) is 26.9 Å². The van der Waals surface area contributed by atoms with Crippen LogP contribution in [0.2, 0.25) is 0 Å². The average molecular weight is 575 g/mol. The molecule has 0 bridgehead atoms. The Bertz CT molecular complexity index is 1810. The van der Waals surface area contributed by atoms with Crippen LogP contribution in [0.3, 0.4) is 0 Å². The van der Waals surface area contributed by atoms with Crippen LogP contribution in [0.5, 0.6) is 0 Å². The van der Waals surface area contributed by atoms with Gasteiger partial charge in [-0.05, 0) is 83.2 Å². The third-order valence-corrected chi connectivity index (χ3v) is 7.61. The van der Waals surface area contributed by atoms with Crippen molar-refractivity contribution in [1.82, 2.24) is 24.8 Å². The molecule has 1 aliphatic heterocycles. The van der Waals surface area contributed by atoms with Gasteiger partial charge in [0.05, 0.1) is 11.3 Å². The molecule has 0 fully saturated rings. The number of fused-ring (bicyclic) bond motifs is 1. The highest BCUT2D eigenvalue weighted by atomic mass is 32.1. The number of halogens is 3. The van der Waals surface area contributed by atoms with Crippen molar-refractivity contribution in [2.45, 2.75) is 26.1 Å². The van der Waals surface area contributed by atoms with Crippen LogP contribution in [0.1, 0.15) is 17.5 Å². The number of nitrogens with one attached hydrogen (secondary N) is 2. The topological polar surface area (TPSA) is 84.7 Å². The number of nitrogens with zero attached hydrogens (tertiary/aromatic N) is 4. The van der Waals surface area contributed by atoms with Gasteiger partial charge in [-0.2, -0.15) is 29.5 Å². The summed E-state index contributed by atoms with van der Waals surface area (Å²) in [7, 11) is 0. The van der Waals surface area contributed by atoms with Gasteiger partial charge in [0.1, 0.15) is 12.2 Å². The summed E-state index contributed by atoms with van der Waals surface area (Å²) in [5.41, 5.74) is 5.00. The zero-order chi connectivity index (χ0) is 28.6. The summed E-state index contributed by atoms with van der Waals surface area (Å²) < 4.78 is 41.7. The zero-order valence-corrected chi connectivity index (χ0v) is 22.8. The van der Waals surface area contributed by atoms with E-state index < -0.39 is 18.3 Å². The maximum atomic E-state index is 13.7. The van der Waals surface area contributed by atoms with Crippen molar-refractivity contribution < 1.29 is 13.2 Å². The molecule has 0 unspecified atom stereocenters. The Morgan fingerprint density at radius 1 is 1.05 bits per heavy atom. The minimum atomic E-state index is -4.64. The van der Waals surface area contributed by atoms with Crippen molar-refractivity contribution in [2.75, 3.05) is 18.4 Å². The molecular weight excluding hydrogens is 549 g/mol. The summed E-state index contributed by atoms with van der Waals surface area (Å²) >= 11 is 1.55. The van der Waals surface area contributed by atoms with Crippen LogP contribution in [0, 0.1) is 6.92 Å². The van der Waals surface area contributed by atoms with Crippen LogP contribution in [0.4, 0.5) is 24.8 Å². The van der Waals surface area contributed by atoms with Crippen molar-refractivity contribution >= 4 is 39.6 Å². The molecule has 6 rings (SSSR count). The molecule has 11 heteroatoms. The minimum Gasteiger partial charge on any atom is -0.324 e. The lowest BCUT2D eigenvalue weighted by Crippen LogP contribution is -2.30. The molecule has 0 amide bonds. The molecule has 2 N–H and O–H groups in total. The normalized spacial score (nSPS) is 13.8. The number of hydrogen-bond acceptors (Lipinski definition) is 7. The second-order valence-electron chi connectivity index (χ2n) is 9.82. The van der Waals surface area contributed by atoms with Crippen molar-refractivity contribution in [3.05, 3.63) is 93.2 Å². The van der Waals surface area contributed by atoms with E-state index in [1.165, 1.54) is 17.8 Å². The van der Waals surface area contributed by atoms with E-state index in [9.17, 15) is 18.0 Å². The Morgan fingerprint density at radius 2 is 1.88 bits per heavy atom. The molecular formula is C30H25F3N6OS. The Kier molecular flexibility index (Phi) is 7.14. The lowest BCUT2D eigenvalue weighted by Gasteiger charge is -2.16. The minimum absolute atomic E-state index is 0.0586. The molecule has 0 radical (unpaired) electrons. The number of hydrogen-bond donors (Lipinski definition) is 2. The first kappa shape index (κ1) is 26.9. The number of benzene rings is 1. The van der Waals surface area contributed by atoms with Crippen molar-refractivity contribution in [2.24, 2.45) is 0 Å². The van der Waals surface area contributed by atoms with Crippen molar-refractivity contribution in [3.63, 3.8) is 0 Å². The number of thiophene rings is 1. The lowest BCUT2D eigenvalue weighted by atomic mass is 10.0. The highest BCUT2D eigenvalue weighted by molar-refractivity contribution is 7.08. The van der Waals surface area contributed by atoms with E-state index in [1.807, 2.05) is 47.2 Å². The molecule has 0 saturated carbocycles. The Balaban J connectivity index is 1.37. The number of pyridine rings is 2. The van der Waals surface area contributed by atoms with E-state index in [1.54, 1.807) is 24.5 Å². The fourth-order valence-corrected chi connectivity index (χ4v) is 5.60. The summed E-state index contributed by atoms with van der Waals surface area (Å²) in [6.07, 6.45) is 1.50. The summed E-state index contributed by atoms with van der Waals surface area (Å²) in [6.45, 7) is 2.05. The van der Waals surface area contributed by atoms with Gasteiger partial charge in [0.15, 0.2) is 0 Å². The monoisotopic (exact) mass is 574 g/mol. The second kappa shape index (κ2) is 10.9. The van der Waals surface area contributed by atoms with Gasteiger partial charge in [0.25, 0.3) is 5.56 Å².